The summed E-state index contributed by atoms with van der Waals surface area (Å²) < 4.78 is 25.5. The lowest BCUT2D eigenvalue weighted by molar-refractivity contribution is 0.0928. The molecule has 168 valence electrons. The smallest absolute Gasteiger partial charge is 0.253 e. The highest BCUT2D eigenvalue weighted by Gasteiger charge is 2.55. The molecular weight excluding hydrogens is 420 g/mol. The van der Waals surface area contributed by atoms with E-state index in [0.29, 0.717) is 41.9 Å². The monoisotopic (exact) mass is 446 g/mol. The number of ether oxygens (including phenoxy) is 2. The predicted octanol–water partition coefficient (Wildman–Crippen LogP) is -0.836. The summed E-state index contributed by atoms with van der Waals surface area (Å²) in [6.07, 6.45) is -0.762. The number of benzene rings is 2. The SMILES string of the molecule is BC(B)(B)NC(=O)c1cc(C(=O)N[C@H]2[C@@H]3COC[C@@H]32)cc2c1O[C@H](CF)[C@H]2c1ccccc1. The number of carbonyl (C=O) groups is 2. The van der Waals surface area contributed by atoms with E-state index in [2.05, 4.69) is 10.6 Å². The first kappa shape index (κ1) is 22.1. The highest BCUT2D eigenvalue weighted by atomic mass is 19.1. The Hall–Kier alpha value is -2.74. The Labute approximate surface area is 195 Å². The van der Waals surface area contributed by atoms with Gasteiger partial charge in [-0.15, -0.1) is 0 Å². The molecule has 0 bridgehead atoms. The number of rotatable bonds is 6. The van der Waals surface area contributed by atoms with E-state index in [9.17, 15) is 14.0 Å². The first-order chi connectivity index (χ1) is 15.8. The van der Waals surface area contributed by atoms with Crippen LogP contribution in [0.15, 0.2) is 42.5 Å². The minimum absolute atomic E-state index is 0.103. The maximum absolute atomic E-state index is 14.1. The first-order valence-corrected chi connectivity index (χ1v) is 11.4. The summed E-state index contributed by atoms with van der Waals surface area (Å²) in [6.45, 7) is 0.629. The summed E-state index contributed by atoms with van der Waals surface area (Å²) >= 11 is 0. The summed E-state index contributed by atoms with van der Waals surface area (Å²) in [7, 11) is 5.65. The Kier molecular flexibility index (Phi) is 5.51. The van der Waals surface area contributed by atoms with Gasteiger partial charge in [0.1, 0.15) is 42.1 Å². The Morgan fingerprint density at radius 2 is 1.76 bits per heavy atom. The minimum atomic E-state index is -0.762. The third-order valence-electron chi connectivity index (χ3n) is 6.65. The second-order valence-electron chi connectivity index (χ2n) is 10.2. The average molecular weight is 446 g/mol. The van der Waals surface area contributed by atoms with E-state index in [1.165, 1.54) is 0 Å². The zero-order chi connectivity index (χ0) is 23.3. The molecule has 2 fully saturated rings. The molecule has 5 atom stereocenters. The summed E-state index contributed by atoms with van der Waals surface area (Å²) in [6, 6.07) is 12.9. The van der Waals surface area contributed by atoms with Crippen LogP contribution < -0.4 is 15.4 Å². The fourth-order valence-corrected chi connectivity index (χ4v) is 5.00. The van der Waals surface area contributed by atoms with E-state index in [1.807, 2.05) is 53.9 Å². The standard InChI is InChI=1S/C23H26B3FN2O4/c24-23(25,26)29-22(31)14-7-12(21(30)28-19-15-9-32-10-16(15)19)6-13-18(11-4-2-1-3-5-11)17(8-27)33-20(13)14/h1-7,15-19H,8-10,24-26H2,(H,28,30)(H,29,31)/t15-,16+,17-,18+,19+/m1/s1. The van der Waals surface area contributed by atoms with Crippen molar-refractivity contribution in [1.29, 1.82) is 0 Å². The topological polar surface area (TPSA) is 76.7 Å². The van der Waals surface area contributed by atoms with Crippen molar-refractivity contribution in [3.8, 4) is 5.75 Å². The minimum Gasteiger partial charge on any atom is -0.486 e. The predicted molar refractivity (Wildman–Crippen MR) is 130 cm³/mol. The van der Waals surface area contributed by atoms with E-state index < -0.39 is 23.9 Å². The van der Waals surface area contributed by atoms with Gasteiger partial charge in [0.2, 0.25) is 0 Å². The molecule has 0 unspecified atom stereocenters. The third-order valence-corrected chi connectivity index (χ3v) is 6.65. The number of nitrogens with one attached hydrogen (secondary N) is 2. The van der Waals surface area contributed by atoms with Gasteiger partial charge in [-0.1, -0.05) is 30.3 Å². The average Bonchev–Trinajstić information content (AvgIpc) is 3.12. The van der Waals surface area contributed by atoms with Gasteiger partial charge in [0, 0.05) is 29.0 Å². The molecule has 1 saturated heterocycles. The molecule has 2 N–H and O–H groups in total. The molecule has 1 aliphatic carbocycles. The van der Waals surface area contributed by atoms with Gasteiger partial charge >= 0.3 is 0 Å². The lowest BCUT2D eigenvalue weighted by Crippen LogP contribution is -2.50. The van der Waals surface area contributed by atoms with Crippen molar-refractivity contribution in [3.63, 3.8) is 0 Å². The van der Waals surface area contributed by atoms with Crippen molar-refractivity contribution in [1.82, 2.24) is 10.6 Å². The molecule has 2 aromatic rings. The second kappa shape index (κ2) is 8.24. The number of alkyl halides is 1. The molecule has 5 rings (SSSR count). The quantitative estimate of drug-likeness (QED) is 0.569. The lowest BCUT2D eigenvalue weighted by atomic mass is 9.49. The van der Waals surface area contributed by atoms with Crippen molar-refractivity contribution >= 4 is 35.4 Å². The van der Waals surface area contributed by atoms with Crippen LogP contribution in [-0.2, 0) is 4.74 Å². The summed E-state index contributed by atoms with van der Waals surface area (Å²) in [4.78, 5) is 26.4. The van der Waals surface area contributed by atoms with Crippen molar-refractivity contribution in [3.05, 3.63) is 64.7 Å². The van der Waals surface area contributed by atoms with Gasteiger partial charge in [0.15, 0.2) is 0 Å². The van der Waals surface area contributed by atoms with Gasteiger partial charge in [-0.05, 0) is 22.9 Å². The first-order valence-electron chi connectivity index (χ1n) is 11.4. The van der Waals surface area contributed by atoms with E-state index >= 15 is 0 Å². The maximum Gasteiger partial charge on any atom is 0.253 e. The summed E-state index contributed by atoms with van der Waals surface area (Å²) in [5.74, 6) is 0.0796. The molecule has 3 aliphatic rings. The highest BCUT2D eigenvalue weighted by molar-refractivity contribution is 6.60. The Morgan fingerprint density at radius 3 is 2.39 bits per heavy atom. The number of hydrogen-bond donors (Lipinski definition) is 2. The zero-order valence-electron chi connectivity index (χ0n) is 19.1. The largest absolute Gasteiger partial charge is 0.486 e. The van der Waals surface area contributed by atoms with Gasteiger partial charge in [-0.3, -0.25) is 9.59 Å². The van der Waals surface area contributed by atoms with Gasteiger partial charge < -0.3 is 20.1 Å². The van der Waals surface area contributed by atoms with Crippen LogP contribution in [-0.4, -0.2) is 72.6 Å². The highest BCUT2D eigenvalue weighted by Crippen LogP contribution is 2.46. The molecule has 33 heavy (non-hydrogen) atoms. The van der Waals surface area contributed by atoms with Gasteiger partial charge in [-0.2, -0.15) is 0 Å². The zero-order valence-corrected chi connectivity index (χ0v) is 19.1. The van der Waals surface area contributed by atoms with Crippen LogP contribution in [0.25, 0.3) is 0 Å². The Bertz CT molecular complexity index is 1090. The maximum atomic E-state index is 14.1. The molecule has 0 spiro atoms. The summed E-state index contributed by atoms with van der Waals surface area (Å²) in [5.41, 5.74) is 2.17. The van der Waals surface area contributed by atoms with E-state index in [4.69, 9.17) is 9.47 Å². The fourth-order valence-electron chi connectivity index (χ4n) is 5.00. The Morgan fingerprint density at radius 1 is 1.06 bits per heavy atom. The van der Waals surface area contributed by atoms with E-state index in [-0.39, 0.29) is 23.4 Å². The van der Waals surface area contributed by atoms with Crippen molar-refractivity contribution in [2.45, 2.75) is 23.3 Å². The van der Waals surface area contributed by atoms with Crippen LogP contribution in [0.4, 0.5) is 4.39 Å². The van der Waals surface area contributed by atoms with E-state index in [0.717, 1.165) is 5.56 Å². The van der Waals surface area contributed by atoms with Crippen LogP contribution in [0.3, 0.4) is 0 Å². The fraction of sp³-hybridized carbons (Fsp3) is 0.391. The van der Waals surface area contributed by atoms with Crippen molar-refractivity contribution in [2.75, 3.05) is 19.9 Å². The molecule has 2 amide bonds. The van der Waals surface area contributed by atoms with Gasteiger partial charge in [0.05, 0.1) is 24.7 Å². The molecule has 0 aromatic heterocycles. The van der Waals surface area contributed by atoms with Gasteiger partial charge in [-0.25, -0.2) is 4.39 Å². The number of fused-ring (bicyclic) bond motifs is 2. The third kappa shape index (κ3) is 4.17. The van der Waals surface area contributed by atoms with Crippen LogP contribution in [0.2, 0.25) is 0 Å². The summed E-state index contributed by atoms with van der Waals surface area (Å²) in [5, 5.41) is 5.55. The van der Waals surface area contributed by atoms with Crippen LogP contribution in [0.5, 0.6) is 5.75 Å². The van der Waals surface area contributed by atoms with Crippen molar-refractivity contribution < 1.29 is 23.5 Å². The van der Waals surface area contributed by atoms with Crippen molar-refractivity contribution in [2.24, 2.45) is 11.8 Å². The molecule has 10 heteroatoms. The van der Waals surface area contributed by atoms with Crippen LogP contribution in [0.1, 0.15) is 37.8 Å². The van der Waals surface area contributed by atoms with E-state index in [1.54, 1.807) is 12.1 Å². The Balaban J connectivity index is 1.55. The molecule has 2 heterocycles. The number of hydrogen-bond acceptors (Lipinski definition) is 4. The molecule has 0 radical (unpaired) electrons. The normalized spacial score (nSPS) is 27.2. The van der Waals surface area contributed by atoms with Crippen LogP contribution >= 0.6 is 0 Å². The molecule has 1 saturated carbocycles. The lowest BCUT2D eigenvalue weighted by Gasteiger charge is -2.22. The van der Waals surface area contributed by atoms with Gasteiger partial charge in [0.25, 0.3) is 11.8 Å². The number of amides is 2. The number of carbonyl (C=O) groups excluding carboxylic acids is 2. The molecule has 2 aliphatic heterocycles. The second-order valence-corrected chi connectivity index (χ2v) is 10.2. The van der Waals surface area contributed by atoms with Crippen LogP contribution in [0, 0.1) is 11.8 Å². The molecule has 6 nitrogen and oxygen atoms in total. The molecule has 2 aromatic carbocycles. The number of halogens is 1. The molecular formula is C23H26B3FN2O4.